The van der Waals surface area contributed by atoms with Gasteiger partial charge >= 0.3 is 12.1 Å². The van der Waals surface area contributed by atoms with Gasteiger partial charge in [0.05, 0.1) is 24.1 Å². The number of hydrogen-bond acceptors (Lipinski definition) is 5. The van der Waals surface area contributed by atoms with Crippen LogP contribution in [0.25, 0.3) is 0 Å². The summed E-state index contributed by atoms with van der Waals surface area (Å²) in [7, 11) is 1.30. The molecule has 2 aromatic carbocycles. The maximum atomic E-state index is 13.5. The van der Waals surface area contributed by atoms with Gasteiger partial charge in [-0.2, -0.15) is 13.2 Å². The molecule has 0 spiro atoms. The SMILES string of the molecule is COC(=O)c1ccc(C(C)NC(=O)C2(c3cccc(OCC(F)(F)F)c3)CCOCC2)cc1. The van der Waals surface area contributed by atoms with E-state index in [0.717, 1.165) is 5.56 Å². The van der Waals surface area contributed by atoms with Gasteiger partial charge in [0, 0.05) is 13.2 Å². The predicted octanol–water partition coefficient (Wildman–Crippen LogP) is 4.34. The van der Waals surface area contributed by atoms with E-state index in [4.69, 9.17) is 14.2 Å². The van der Waals surface area contributed by atoms with Gasteiger partial charge in [0.25, 0.3) is 0 Å². The van der Waals surface area contributed by atoms with Gasteiger partial charge in [0.1, 0.15) is 5.75 Å². The Labute approximate surface area is 190 Å². The molecule has 0 aliphatic carbocycles. The zero-order valence-electron chi connectivity index (χ0n) is 18.4. The van der Waals surface area contributed by atoms with Crippen LogP contribution in [0.4, 0.5) is 13.2 Å². The molecular weight excluding hydrogens is 439 g/mol. The van der Waals surface area contributed by atoms with Crippen molar-refractivity contribution in [3.05, 3.63) is 65.2 Å². The van der Waals surface area contributed by atoms with Gasteiger partial charge < -0.3 is 19.5 Å². The molecule has 6 nitrogen and oxygen atoms in total. The molecule has 1 aliphatic rings. The molecule has 0 bridgehead atoms. The van der Waals surface area contributed by atoms with Crippen molar-refractivity contribution in [3.63, 3.8) is 0 Å². The second kappa shape index (κ2) is 10.2. The highest BCUT2D eigenvalue weighted by Gasteiger charge is 2.42. The van der Waals surface area contributed by atoms with E-state index in [1.54, 1.807) is 36.4 Å². The topological polar surface area (TPSA) is 73.9 Å². The monoisotopic (exact) mass is 465 g/mol. The first kappa shape index (κ1) is 24.6. The van der Waals surface area contributed by atoms with Gasteiger partial charge in [-0.3, -0.25) is 4.79 Å². The normalized spacial score (nSPS) is 16.5. The van der Waals surface area contributed by atoms with Crippen LogP contribution in [0.3, 0.4) is 0 Å². The molecule has 1 heterocycles. The smallest absolute Gasteiger partial charge is 0.422 e. The Hall–Kier alpha value is -3.07. The Morgan fingerprint density at radius 1 is 1.12 bits per heavy atom. The molecule has 1 aliphatic heterocycles. The van der Waals surface area contributed by atoms with E-state index in [1.165, 1.54) is 19.2 Å². The van der Waals surface area contributed by atoms with E-state index in [2.05, 4.69) is 5.32 Å². The van der Waals surface area contributed by atoms with Crippen LogP contribution in [0, 0.1) is 0 Å². The Morgan fingerprint density at radius 2 is 1.79 bits per heavy atom. The molecule has 0 saturated carbocycles. The number of esters is 1. The fourth-order valence-electron chi connectivity index (χ4n) is 3.86. The lowest BCUT2D eigenvalue weighted by molar-refractivity contribution is -0.153. The molecule has 1 atom stereocenters. The van der Waals surface area contributed by atoms with Crippen LogP contribution in [0.1, 0.15) is 47.3 Å². The molecule has 0 aromatic heterocycles. The second-order valence-corrected chi connectivity index (χ2v) is 7.93. The van der Waals surface area contributed by atoms with E-state index >= 15 is 0 Å². The number of methoxy groups -OCH3 is 1. The lowest BCUT2D eigenvalue weighted by Gasteiger charge is -2.37. The van der Waals surface area contributed by atoms with E-state index in [-0.39, 0.29) is 17.7 Å². The lowest BCUT2D eigenvalue weighted by atomic mass is 9.73. The van der Waals surface area contributed by atoms with Crippen molar-refractivity contribution in [3.8, 4) is 5.75 Å². The highest BCUT2D eigenvalue weighted by atomic mass is 19.4. The van der Waals surface area contributed by atoms with Gasteiger partial charge in [0.2, 0.25) is 5.91 Å². The molecule has 1 fully saturated rings. The van der Waals surface area contributed by atoms with Crippen LogP contribution < -0.4 is 10.1 Å². The van der Waals surface area contributed by atoms with Crippen LogP contribution >= 0.6 is 0 Å². The fraction of sp³-hybridized carbons (Fsp3) is 0.417. The minimum absolute atomic E-state index is 0.0509. The molecule has 178 valence electrons. The summed E-state index contributed by atoms with van der Waals surface area (Å²) in [5.74, 6) is -0.648. The Bertz CT molecular complexity index is 969. The molecule has 2 aromatic rings. The molecule has 3 rings (SSSR count). The molecule has 1 unspecified atom stereocenters. The predicted molar refractivity (Wildman–Crippen MR) is 114 cm³/mol. The van der Waals surface area contributed by atoms with Crippen LogP contribution in [0.15, 0.2) is 48.5 Å². The summed E-state index contributed by atoms with van der Waals surface area (Å²) < 4.78 is 52.7. The van der Waals surface area contributed by atoms with Crippen molar-refractivity contribution in [2.24, 2.45) is 0 Å². The molecule has 1 saturated heterocycles. The summed E-state index contributed by atoms with van der Waals surface area (Å²) >= 11 is 0. The molecule has 1 N–H and O–H groups in total. The van der Waals surface area contributed by atoms with E-state index in [1.807, 2.05) is 6.92 Å². The number of rotatable bonds is 7. The minimum atomic E-state index is -4.46. The van der Waals surface area contributed by atoms with Crippen molar-refractivity contribution >= 4 is 11.9 Å². The zero-order chi connectivity index (χ0) is 24.1. The third-order valence-electron chi connectivity index (χ3n) is 5.75. The molecule has 9 heteroatoms. The van der Waals surface area contributed by atoms with Crippen molar-refractivity contribution in [1.29, 1.82) is 0 Å². The molecular formula is C24H26F3NO5. The number of hydrogen-bond donors (Lipinski definition) is 1. The van der Waals surface area contributed by atoms with Gasteiger partial charge in [-0.25, -0.2) is 4.79 Å². The van der Waals surface area contributed by atoms with Crippen molar-refractivity contribution < 1.29 is 37.0 Å². The van der Waals surface area contributed by atoms with Crippen molar-refractivity contribution in [1.82, 2.24) is 5.32 Å². The highest BCUT2D eigenvalue weighted by Crippen LogP contribution is 2.37. The molecule has 0 radical (unpaired) electrons. The van der Waals surface area contributed by atoms with Crippen molar-refractivity contribution in [2.45, 2.75) is 37.4 Å². The molecule has 33 heavy (non-hydrogen) atoms. The molecule has 1 amide bonds. The number of amides is 1. The van der Waals surface area contributed by atoms with E-state index in [0.29, 0.717) is 37.2 Å². The average molecular weight is 465 g/mol. The number of carbonyl (C=O) groups excluding carboxylic acids is 2. The van der Waals surface area contributed by atoms with Gasteiger partial charge in [-0.15, -0.1) is 0 Å². The standard InChI is InChI=1S/C24H26F3NO5/c1-16(17-6-8-18(9-7-17)21(29)31-2)28-22(30)23(10-12-32-13-11-23)19-4-3-5-20(14-19)33-15-24(25,26)27/h3-9,14,16H,10-13,15H2,1-2H3,(H,28,30). The first-order valence-electron chi connectivity index (χ1n) is 10.5. The quantitative estimate of drug-likeness (QED) is 0.616. The summed E-state index contributed by atoms with van der Waals surface area (Å²) in [4.78, 5) is 25.1. The first-order valence-corrected chi connectivity index (χ1v) is 10.5. The summed E-state index contributed by atoms with van der Waals surface area (Å²) in [6, 6.07) is 12.6. The summed E-state index contributed by atoms with van der Waals surface area (Å²) in [6.45, 7) is 1.12. The number of halogens is 3. The number of benzene rings is 2. The fourth-order valence-corrected chi connectivity index (χ4v) is 3.86. The lowest BCUT2D eigenvalue weighted by Crippen LogP contribution is -2.48. The van der Waals surface area contributed by atoms with Gasteiger partial charge in [-0.1, -0.05) is 24.3 Å². The van der Waals surface area contributed by atoms with Crippen LogP contribution in [-0.4, -0.2) is 45.0 Å². The number of alkyl halides is 3. The van der Waals surface area contributed by atoms with Crippen LogP contribution in [0.2, 0.25) is 0 Å². The zero-order valence-corrected chi connectivity index (χ0v) is 18.4. The third-order valence-corrected chi connectivity index (χ3v) is 5.75. The van der Waals surface area contributed by atoms with E-state index < -0.39 is 24.2 Å². The minimum Gasteiger partial charge on any atom is -0.484 e. The van der Waals surface area contributed by atoms with Crippen LogP contribution in [-0.2, 0) is 19.7 Å². The summed E-state index contributed by atoms with van der Waals surface area (Å²) in [5.41, 5.74) is 0.809. The summed E-state index contributed by atoms with van der Waals surface area (Å²) in [6.07, 6.45) is -3.69. The van der Waals surface area contributed by atoms with Crippen LogP contribution in [0.5, 0.6) is 5.75 Å². The number of ether oxygens (including phenoxy) is 3. The second-order valence-electron chi connectivity index (χ2n) is 7.93. The first-order chi connectivity index (χ1) is 15.6. The number of carbonyl (C=O) groups is 2. The maximum Gasteiger partial charge on any atom is 0.422 e. The Balaban J connectivity index is 1.81. The maximum absolute atomic E-state index is 13.5. The Kier molecular flexibility index (Phi) is 7.63. The number of nitrogens with one attached hydrogen (secondary N) is 1. The summed E-state index contributed by atoms with van der Waals surface area (Å²) in [5, 5.41) is 3.01. The Morgan fingerprint density at radius 3 is 2.39 bits per heavy atom. The van der Waals surface area contributed by atoms with Gasteiger partial charge in [-0.05, 0) is 55.2 Å². The van der Waals surface area contributed by atoms with Crippen molar-refractivity contribution in [2.75, 3.05) is 26.9 Å². The van der Waals surface area contributed by atoms with E-state index in [9.17, 15) is 22.8 Å². The average Bonchev–Trinajstić information content (AvgIpc) is 2.82. The van der Waals surface area contributed by atoms with Gasteiger partial charge in [0.15, 0.2) is 6.61 Å². The largest absolute Gasteiger partial charge is 0.484 e. The highest BCUT2D eigenvalue weighted by molar-refractivity contribution is 5.90. The third kappa shape index (κ3) is 6.04.